The van der Waals surface area contributed by atoms with E-state index in [9.17, 15) is 9.59 Å². The van der Waals surface area contributed by atoms with E-state index in [1.807, 2.05) is 32.1 Å². The van der Waals surface area contributed by atoms with Crippen molar-refractivity contribution in [3.05, 3.63) is 33.1 Å². The minimum atomic E-state index is -0.0539. The molecule has 2 amide bonds. The summed E-state index contributed by atoms with van der Waals surface area (Å²) in [6.07, 6.45) is 1.85. The first-order valence-electron chi connectivity index (χ1n) is 9.57. The van der Waals surface area contributed by atoms with Gasteiger partial charge < -0.3 is 14.4 Å². The Bertz CT molecular complexity index is 837. The Morgan fingerprint density at radius 1 is 1.34 bits per heavy atom. The summed E-state index contributed by atoms with van der Waals surface area (Å²) < 4.78 is 11.7. The predicted octanol–water partition coefficient (Wildman–Crippen LogP) is 3.00. The Labute approximate surface area is 183 Å². The fourth-order valence-electron chi connectivity index (χ4n) is 2.96. The third-order valence-electron chi connectivity index (χ3n) is 4.47. The van der Waals surface area contributed by atoms with Crippen LogP contribution in [0.2, 0.25) is 0 Å². The molecule has 3 rings (SSSR count). The molecule has 0 N–H and O–H groups in total. The molecule has 0 aliphatic carbocycles. The van der Waals surface area contributed by atoms with Gasteiger partial charge in [0.25, 0.3) is 11.8 Å². The molecule has 156 valence electrons. The summed E-state index contributed by atoms with van der Waals surface area (Å²) in [6, 6.07) is 5.54. The number of morpholine rings is 1. The molecule has 7 nitrogen and oxygen atoms in total. The quantitative estimate of drug-likeness (QED) is 0.584. The molecule has 1 aromatic rings. The van der Waals surface area contributed by atoms with Gasteiger partial charge in [-0.3, -0.25) is 19.5 Å². The molecule has 0 spiro atoms. The first kappa shape index (κ1) is 21.9. The molecule has 0 radical (unpaired) electrons. The number of carbonyl (C=O) groups is 2. The first-order chi connectivity index (χ1) is 14.0. The molecular formula is C20H24BrN3O4S. The van der Waals surface area contributed by atoms with Crippen LogP contribution in [0.3, 0.4) is 0 Å². The Hall–Kier alpha value is -1.84. The minimum absolute atomic E-state index is 0.0182. The van der Waals surface area contributed by atoms with Gasteiger partial charge in [0.15, 0.2) is 11.8 Å². The molecule has 2 fully saturated rings. The van der Waals surface area contributed by atoms with Crippen molar-refractivity contribution < 1.29 is 19.1 Å². The van der Waals surface area contributed by atoms with Crippen LogP contribution in [-0.4, -0.2) is 72.8 Å². The molecule has 29 heavy (non-hydrogen) atoms. The van der Waals surface area contributed by atoms with Crippen LogP contribution < -0.4 is 4.74 Å². The molecular weight excluding hydrogens is 458 g/mol. The molecule has 0 saturated carbocycles. The van der Waals surface area contributed by atoms with E-state index in [-0.39, 0.29) is 18.4 Å². The van der Waals surface area contributed by atoms with Crippen LogP contribution in [0.15, 0.2) is 32.6 Å². The molecule has 0 aromatic heterocycles. The van der Waals surface area contributed by atoms with Gasteiger partial charge in [0.2, 0.25) is 0 Å². The highest BCUT2D eigenvalue weighted by Crippen LogP contribution is 2.34. The normalized spacial score (nSPS) is 20.0. The van der Waals surface area contributed by atoms with Gasteiger partial charge in [-0.25, -0.2) is 0 Å². The van der Waals surface area contributed by atoms with Gasteiger partial charge in [-0.1, -0.05) is 6.07 Å². The van der Waals surface area contributed by atoms with E-state index in [2.05, 4.69) is 20.9 Å². The fraction of sp³-hybridized carbons (Fsp3) is 0.450. The second-order valence-electron chi connectivity index (χ2n) is 6.39. The second kappa shape index (κ2) is 10.3. The van der Waals surface area contributed by atoms with Crippen LogP contribution in [0.25, 0.3) is 6.08 Å². The van der Waals surface area contributed by atoms with Gasteiger partial charge in [0, 0.05) is 26.2 Å². The van der Waals surface area contributed by atoms with Crippen LogP contribution in [0.1, 0.15) is 19.4 Å². The van der Waals surface area contributed by atoms with Gasteiger partial charge in [-0.2, -0.15) is 0 Å². The van der Waals surface area contributed by atoms with Gasteiger partial charge >= 0.3 is 0 Å². The maximum Gasteiger partial charge on any atom is 0.266 e. The van der Waals surface area contributed by atoms with Crippen molar-refractivity contribution >= 4 is 50.7 Å². The lowest BCUT2D eigenvalue weighted by atomic mass is 10.2. The van der Waals surface area contributed by atoms with Crippen LogP contribution in [-0.2, 0) is 14.3 Å². The van der Waals surface area contributed by atoms with Crippen molar-refractivity contribution in [3.63, 3.8) is 0 Å². The SMILES string of the molecule is CCN=C1S/C(=C\c2ccc(OCC(=O)N3CCOCC3)c(Br)c2)C(=O)N1CC. The number of carbonyl (C=O) groups excluding carboxylic acids is 2. The number of rotatable bonds is 6. The average Bonchev–Trinajstić information content (AvgIpc) is 3.02. The predicted molar refractivity (Wildman–Crippen MR) is 118 cm³/mol. The van der Waals surface area contributed by atoms with Gasteiger partial charge in [-0.15, -0.1) is 0 Å². The van der Waals surface area contributed by atoms with E-state index in [1.54, 1.807) is 15.9 Å². The largest absolute Gasteiger partial charge is 0.483 e. The molecule has 2 saturated heterocycles. The monoisotopic (exact) mass is 481 g/mol. The van der Waals surface area contributed by atoms with E-state index in [0.29, 0.717) is 50.0 Å². The Balaban J connectivity index is 1.66. The van der Waals surface area contributed by atoms with E-state index >= 15 is 0 Å². The molecule has 1 aromatic carbocycles. The molecule has 0 bridgehead atoms. The number of ether oxygens (including phenoxy) is 2. The Morgan fingerprint density at radius 3 is 2.76 bits per heavy atom. The number of thioether (sulfide) groups is 1. The van der Waals surface area contributed by atoms with Gasteiger partial charge in [-0.05, 0) is 65.3 Å². The number of halogens is 1. The summed E-state index contributed by atoms with van der Waals surface area (Å²) in [6.45, 7) is 7.43. The highest BCUT2D eigenvalue weighted by molar-refractivity contribution is 9.10. The van der Waals surface area contributed by atoms with Crippen molar-refractivity contribution in [2.45, 2.75) is 13.8 Å². The topological polar surface area (TPSA) is 71.4 Å². The van der Waals surface area contributed by atoms with Crippen molar-refractivity contribution in [3.8, 4) is 5.75 Å². The highest BCUT2D eigenvalue weighted by Gasteiger charge is 2.31. The summed E-state index contributed by atoms with van der Waals surface area (Å²) >= 11 is 4.89. The third kappa shape index (κ3) is 5.40. The number of nitrogens with zero attached hydrogens (tertiary/aromatic N) is 3. The van der Waals surface area contributed by atoms with Crippen molar-refractivity contribution in [1.29, 1.82) is 0 Å². The lowest BCUT2D eigenvalue weighted by Crippen LogP contribution is -2.43. The first-order valence-corrected chi connectivity index (χ1v) is 11.2. The average molecular weight is 482 g/mol. The van der Waals surface area contributed by atoms with Crippen LogP contribution in [0.4, 0.5) is 0 Å². The van der Waals surface area contributed by atoms with Crippen molar-refractivity contribution in [2.24, 2.45) is 4.99 Å². The zero-order valence-electron chi connectivity index (χ0n) is 16.5. The lowest BCUT2D eigenvalue weighted by molar-refractivity contribution is -0.137. The van der Waals surface area contributed by atoms with Crippen LogP contribution >= 0.6 is 27.7 Å². The van der Waals surface area contributed by atoms with E-state index in [1.165, 1.54) is 11.8 Å². The number of hydrogen-bond acceptors (Lipinski definition) is 6. The number of amides is 2. The number of hydrogen-bond donors (Lipinski definition) is 0. The molecule has 2 aliphatic rings. The number of benzene rings is 1. The minimum Gasteiger partial charge on any atom is -0.483 e. The summed E-state index contributed by atoms with van der Waals surface area (Å²) in [4.78, 5) is 33.3. The summed E-state index contributed by atoms with van der Waals surface area (Å²) in [5, 5.41) is 0.742. The van der Waals surface area contributed by atoms with Gasteiger partial charge in [0.1, 0.15) is 5.75 Å². The molecule has 2 aliphatic heterocycles. The number of amidine groups is 1. The van der Waals surface area contributed by atoms with Crippen LogP contribution in [0, 0.1) is 0 Å². The Kier molecular flexibility index (Phi) is 7.74. The standard InChI is InChI=1S/C20H24BrN3O4S/c1-3-22-20-24(4-2)19(26)17(29-20)12-14-5-6-16(15(21)11-14)28-13-18(25)23-7-9-27-10-8-23/h5-6,11-12H,3-4,7-10,13H2,1-2H3/b17-12-,22-20?. The maximum absolute atomic E-state index is 12.6. The smallest absolute Gasteiger partial charge is 0.266 e. The molecule has 0 unspecified atom stereocenters. The van der Waals surface area contributed by atoms with Crippen molar-refractivity contribution in [2.75, 3.05) is 46.0 Å². The Morgan fingerprint density at radius 2 is 2.10 bits per heavy atom. The molecule has 0 atom stereocenters. The van der Waals surface area contributed by atoms with Crippen molar-refractivity contribution in [1.82, 2.24) is 9.80 Å². The highest BCUT2D eigenvalue weighted by atomic mass is 79.9. The van der Waals surface area contributed by atoms with E-state index in [4.69, 9.17) is 9.47 Å². The molecule has 9 heteroatoms. The van der Waals surface area contributed by atoms with Gasteiger partial charge in [0.05, 0.1) is 22.6 Å². The summed E-state index contributed by atoms with van der Waals surface area (Å²) in [5.41, 5.74) is 0.869. The zero-order valence-corrected chi connectivity index (χ0v) is 18.9. The number of likely N-dealkylation sites (N-methyl/N-ethyl adjacent to an activating group) is 1. The summed E-state index contributed by atoms with van der Waals surface area (Å²) in [7, 11) is 0. The maximum atomic E-state index is 12.6. The second-order valence-corrected chi connectivity index (χ2v) is 8.25. The molecule has 2 heterocycles. The summed E-state index contributed by atoms with van der Waals surface area (Å²) in [5.74, 6) is 0.501. The van der Waals surface area contributed by atoms with Crippen LogP contribution in [0.5, 0.6) is 5.75 Å². The zero-order chi connectivity index (χ0) is 20.8. The third-order valence-corrected chi connectivity index (χ3v) is 6.13. The number of aliphatic imine (C=N–C) groups is 1. The fourth-order valence-corrected chi connectivity index (χ4v) is 4.57. The lowest BCUT2D eigenvalue weighted by Gasteiger charge is -2.26. The van der Waals surface area contributed by atoms with E-state index in [0.717, 1.165) is 15.2 Å². The van der Waals surface area contributed by atoms with E-state index < -0.39 is 0 Å².